The molecule has 2 aromatic rings. The molecule has 0 spiro atoms. The number of aromatic nitrogens is 2. The molecule has 0 atom stereocenters. The van der Waals surface area contributed by atoms with Gasteiger partial charge in [0, 0.05) is 12.1 Å². The zero-order valence-electron chi connectivity index (χ0n) is 10.6. The third-order valence-corrected chi connectivity index (χ3v) is 3.18. The van der Waals surface area contributed by atoms with Gasteiger partial charge in [-0.2, -0.15) is 4.98 Å². The molecular formula is C13H13Cl2N3O. The first-order valence-corrected chi connectivity index (χ1v) is 6.56. The Morgan fingerprint density at radius 3 is 2.74 bits per heavy atom. The molecule has 1 N–H and O–H groups in total. The zero-order valence-corrected chi connectivity index (χ0v) is 12.1. The van der Waals surface area contributed by atoms with E-state index in [-0.39, 0.29) is 0 Å². The van der Waals surface area contributed by atoms with E-state index in [9.17, 15) is 0 Å². The summed E-state index contributed by atoms with van der Waals surface area (Å²) in [5, 5.41) is 3.91. The van der Waals surface area contributed by atoms with Crippen molar-refractivity contribution in [2.45, 2.75) is 13.3 Å². The summed E-state index contributed by atoms with van der Waals surface area (Å²) in [5.74, 6) is 1.40. The van der Waals surface area contributed by atoms with Crippen LogP contribution in [0, 0.1) is 0 Å². The van der Waals surface area contributed by atoms with Gasteiger partial charge in [0.1, 0.15) is 10.8 Å². The first-order valence-electron chi connectivity index (χ1n) is 5.80. The van der Waals surface area contributed by atoms with Crippen LogP contribution in [0.4, 0.5) is 5.95 Å². The molecule has 6 heteroatoms. The summed E-state index contributed by atoms with van der Waals surface area (Å²) in [5.41, 5.74) is 1.01. The monoisotopic (exact) mass is 297 g/mol. The van der Waals surface area contributed by atoms with Crippen molar-refractivity contribution < 1.29 is 4.74 Å². The van der Waals surface area contributed by atoms with Crippen LogP contribution in [0.5, 0.6) is 11.6 Å². The highest BCUT2D eigenvalue weighted by molar-refractivity contribution is 6.32. The van der Waals surface area contributed by atoms with Gasteiger partial charge in [-0.05, 0) is 30.2 Å². The van der Waals surface area contributed by atoms with E-state index in [2.05, 4.69) is 15.3 Å². The van der Waals surface area contributed by atoms with Crippen LogP contribution in [-0.2, 0) is 6.42 Å². The Kier molecular flexibility index (Phi) is 4.45. The van der Waals surface area contributed by atoms with Gasteiger partial charge in [-0.25, -0.2) is 4.98 Å². The summed E-state index contributed by atoms with van der Waals surface area (Å²) >= 11 is 12.1. The number of hydrogen-bond acceptors (Lipinski definition) is 4. The van der Waals surface area contributed by atoms with Crippen LogP contribution in [-0.4, -0.2) is 17.0 Å². The first kappa shape index (κ1) is 13.9. The van der Waals surface area contributed by atoms with Gasteiger partial charge in [0.05, 0.1) is 6.20 Å². The van der Waals surface area contributed by atoms with Crippen LogP contribution in [0.15, 0.2) is 24.4 Å². The van der Waals surface area contributed by atoms with Crippen molar-refractivity contribution in [3.05, 3.63) is 40.0 Å². The van der Waals surface area contributed by atoms with Gasteiger partial charge < -0.3 is 10.1 Å². The molecule has 0 saturated carbocycles. The number of benzene rings is 1. The predicted molar refractivity (Wildman–Crippen MR) is 77.5 cm³/mol. The van der Waals surface area contributed by atoms with Crippen molar-refractivity contribution in [1.29, 1.82) is 0 Å². The average molecular weight is 298 g/mol. The summed E-state index contributed by atoms with van der Waals surface area (Å²) in [6.45, 7) is 2.03. The molecule has 0 amide bonds. The van der Waals surface area contributed by atoms with Crippen LogP contribution in [0.1, 0.15) is 12.5 Å². The minimum Gasteiger partial charge on any atom is -0.437 e. The average Bonchev–Trinajstić information content (AvgIpc) is 2.43. The normalized spacial score (nSPS) is 10.3. The van der Waals surface area contributed by atoms with E-state index in [1.54, 1.807) is 19.2 Å². The number of nitrogens with one attached hydrogen (secondary N) is 1. The van der Waals surface area contributed by atoms with Crippen LogP contribution < -0.4 is 10.1 Å². The molecule has 1 heterocycles. The first-order chi connectivity index (χ1) is 9.13. The summed E-state index contributed by atoms with van der Waals surface area (Å²) in [4.78, 5) is 8.15. The van der Waals surface area contributed by atoms with Gasteiger partial charge in [0.15, 0.2) is 0 Å². The number of rotatable bonds is 4. The molecule has 0 unspecified atom stereocenters. The Bertz CT molecular complexity index is 590. The Morgan fingerprint density at radius 1 is 1.26 bits per heavy atom. The summed E-state index contributed by atoms with van der Waals surface area (Å²) in [6, 6.07) is 5.45. The number of nitrogens with zero attached hydrogens (tertiary/aromatic N) is 2. The number of ether oxygens (including phenoxy) is 1. The molecule has 4 nitrogen and oxygen atoms in total. The van der Waals surface area contributed by atoms with E-state index >= 15 is 0 Å². The van der Waals surface area contributed by atoms with Crippen LogP contribution in [0.25, 0.3) is 0 Å². The Morgan fingerprint density at radius 2 is 2.05 bits per heavy atom. The van der Waals surface area contributed by atoms with Crippen molar-refractivity contribution in [3.63, 3.8) is 0 Å². The van der Waals surface area contributed by atoms with Gasteiger partial charge in [-0.15, -0.1) is 0 Å². The zero-order chi connectivity index (χ0) is 13.8. The smallest absolute Gasteiger partial charge is 0.243 e. The summed E-state index contributed by atoms with van der Waals surface area (Å²) < 4.78 is 5.67. The van der Waals surface area contributed by atoms with Gasteiger partial charge in [-0.1, -0.05) is 30.1 Å². The standard InChI is InChI=1S/C13H13Cl2N3O/c1-3-8-6-9(4-5-10(8)14)19-12-11(15)7-17-13(16-2)18-12/h4-7H,3H2,1-2H3,(H,16,17,18). The maximum absolute atomic E-state index is 6.06. The molecule has 19 heavy (non-hydrogen) atoms. The van der Waals surface area contributed by atoms with Gasteiger partial charge >= 0.3 is 0 Å². The lowest BCUT2D eigenvalue weighted by molar-refractivity contribution is 0.462. The molecule has 1 aromatic carbocycles. The molecular weight excluding hydrogens is 285 g/mol. The lowest BCUT2D eigenvalue weighted by atomic mass is 10.1. The minimum absolute atomic E-state index is 0.311. The fraction of sp³-hybridized carbons (Fsp3) is 0.231. The molecule has 0 saturated heterocycles. The molecule has 0 bridgehead atoms. The van der Waals surface area contributed by atoms with E-state index in [0.29, 0.717) is 22.6 Å². The third-order valence-electron chi connectivity index (χ3n) is 2.55. The fourth-order valence-electron chi connectivity index (χ4n) is 1.54. The molecule has 1 aromatic heterocycles. The third kappa shape index (κ3) is 3.28. The highest BCUT2D eigenvalue weighted by atomic mass is 35.5. The molecule has 2 rings (SSSR count). The van der Waals surface area contributed by atoms with E-state index in [4.69, 9.17) is 27.9 Å². The summed E-state index contributed by atoms with van der Waals surface area (Å²) in [7, 11) is 1.73. The molecule has 0 aliphatic carbocycles. The Balaban J connectivity index is 2.30. The maximum Gasteiger partial charge on any atom is 0.243 e. The van der Waals surface area contributed by atoms with E-state index in [0.717, 1.165) is 17.0 Å². The van der Waals surface area contributed by atoms with Gasteiger partial charge in [0.2, 0.25) is 11.8 Å². The van der Waals surface area contributed by atoms with Crippen molar-refractivity contribution in [2.75, 3.05) is 12.4 Å². The Hall–Kier alpha value is -1.52. The topological polar surface area (TPSA) is 47.0 Å². The van der Waals surface area contributed by atoms with Crippen LogP contribution in [0.3, 0.4) is 0 Å². The lowest BCUT2D eigenvalue weighted by Crippen LogP contribution is -1.98. The predicted octanol–water partition coefficient (Wildman–Crippen LogP) is 4.18. The molecule has 100 valence electrons. The van der Waals surface area contributed by atoms with E-state index < -0.39 is 0 Å². The van der Waals surface area contributed by atoms with Crippen molar-refractivity contribution in [1.82, 2.24) is 9.97 Å². The fourth-order valence-corrected chi connectivity index (χ4v) is 1.92. The number of anilines is 1. The van der Waals surface area contributed by atoms with Crippen molar-refractivity contribution in [3.8, 4) is 11.6 Å². The van der Waals surface area contributed by atoms with Crippen LogP contribution in [0.2, 0.25) is 10.0 Å². The summed E-state index contributed by atoms with van der Waals surface area (Å²) in [6.07, 6.45) is 2.32. The van der Waals surface area contributed by atoms with E-state index in [1.165, 1.54) is 6.20 Å². The highest BCUT2D eigenvalue weighted by Gasteiger charge is 2.08. The van der Waals surface area contributed by atoms with E-state index in [1.807, 2.05) is 13.0 Å². The van der Waals surface area contributed by atoms with Crippen molar-refractivity contribution >= 4 is 29.2 Å². The van der Waals surface area contributed by atoms with Gasteiger partial charge in [0.25, 0.3) is 0 Å². The lowest BCUT2D eigenvalue weighted by Gasteiger charge is -2.09. The molecule has 0 radical (unpaired) electrons. The molecule has 0 aliphatic heterocycles. The van der Waals surface area contributed by atoms with Crippen molar-refractivity contribution in [2.24, 2.45) is 0 Å². The second-order valence-corrected chi connectivity index (χ2v) is 4.62. The second kappa shape index (κ2) is 6.08. The Labute approximate surface area is 121 Å². The second-order valence-electron chi connectivity index (χ2n) is 3.81. The maximum atomic E-state index is 6.06. The molecule has 0 aliphatic rings. The molecule has 0 fully saturated rings. The number of halogens is 2. The quantitative estimate of drug-likeness (QED) is 0.919. The largest absolute Gasteiger partial charge is 0.437 e. The SMILES string of the molecule is CCc1cc(Oc2nc(NC)ncc2Cl)ccc1Cl. The van der Waals surface area contributed by atoms with Crippen LogP contribution >= 0.6 is 23.2 Å². The minimum atomic E-state index is 0.311. The number of aryl methyl sites for hydroxylation is 1. The number of hydrogen-bond donors (Lipinski definition) is 1. The van der Waals surface area contributed by atoms with Gasteiger partial charge in [-0.3, -0.25) is 0 Å². The highest BCUT2D eigenvalue weighted by Crippen LogP contribution is 2.30.